The number of fused-ring (bicyclic) bond motifs is 1. The van der Waals surface area contributed by atoms with E-state index in [2.05, 4.69) is 9.88 Å². The maximum Gasteiger partial charge on any atom is 0.251 e. The number of hydrogen-bond donors (Lipinski definition) is 1. The van der Waals surface area contributed by atoms with E-state index in [-0.39, 0.29) is 11.9 Å². The van der Waals surface area contributed by atoms with E-state index in [1.165, 1.54) is 0 Å². The Hall–Kier alpha value is -2.82. The van der Waals surface area contributed by atoms with Gasteiger partial charge in [-0.15, -0.1) is 0 Å². The summed E-state index contributed by atoms with van der Waals surface area (Å²) in [6.07, 6.45) is 0.705. The summed E-state index contributed by atoms with van der Waals surface area (Å²) in [5.41, 5.74) is 3.57. The topological polar surface area (TPSA) is 46.9 Å². The molecule has 1 unspecified atom stereocenters. The molecule has 0 radical (unpaired) electrons. The van der Waals surface area contributed by atoms with Crippen LogP contribution in [0.2, 0.25) is 10.0 Å². The molecule has 6 heteroatoms. The molecular weight excluding hydrogens is 417 g/mol. The van der Waals surface area contributed by atoms with Gasteiger partial charge in [-0.25, -0.2) is 4.98 Å². The third kappa shape index (κ3) is 4.35. The van der Waals surface area contributed by atoms with Crippen molar-refractivity contribution in [1.29, 1.82) is 0 Å². The first-order valence-corrected chi connectivity index (χ1v) is 10.6. The molecule has 4 aromatic rings. The normalized spacial score (nSPS) is 12.1. The van der Waals surface area contributed by atoms with Crippen LogP contribution in [-0.2, 0) is 6.54 Å². The number of amides is 1. The second kappa shape index (κ2) is 8.90. The van der Waals surface area contributed by atoms with Gasteiger partial charge in [0.15, 0.2) is 0 Å². The Morgan fingerprint density at radius 3 is 2.50 bits per heavy atom. The van der Waals surface area contributed by atoms with Crippen molar-refractivity contribution in [2.24, 2.45) is 0 Å². The smallest absolute Gasteiger partial charge is 0.251 e. The standard InChI is InChI=1S/C24H21Cl2N3O/c1-2-20(28-24(30)17-6-5-7-19(26)14-17)23-27-21-8-3-4-9-22(21)29(23)15-16-10-12-18(25)13-11-16/h3-14,20H,2,15H2,1H3,(H,28,30). The van der Waals surface area contributed by atoms with E-state index >= 15 is 0 Å². The summed E-state index contributed by atoms with van der Waals surface area (Å²) in [5.74, 6) is 0.651. The lowest BCUT2D eigenvalue weighted by Gasteiger charge is -2.19. The molecule has 0 saturated carbocycles. The third-order valence-corrected chi connectivity index (χ3v) is 5.54. The van der Waals surface area contributed by atoms with Crippen molar-refractivity contribution in [3.8, 4) is 0 Å². The number of nitrogens with one attached hydrogen (secondary N) is 1. The zero-order valence-corrected chi connectivity index (χ0v) is 18.0. The lowest BCUT2D eigenvalue weighted by molar-refractivity contribution is 0.0933. The lowest BCUT2D eigenvalue weighted by Crippen LogP contribution is -2.30. The first-order chi connectivity index (χ1) is 14.5. The minimum Gasteiger partial charge on any atom is -0.342 e. The molecule has 1 heterocycles. The monoisotopic (exact) mass is 437 g/mol. The maximum atomic E-state index is 12.8. The van der Waals surface area contributed by atoms with Crippen LogP contribution in [0.3, 0.4) is 0 Å². The molecule has 152 valence electrons. The van der Waals surface area contributed by atoms with Crippen molar-refractivity contribution in [3.63, 3.8) is 0 Å². The number of imidazole rings is 1. The largest absolute Gasteiger partial charge is 0.342 e. The van der Waals surface area contributed by atoms with Crippen LogP contribution in [0.4, 0.5) is 0 Å². The Balaban J connectivity index is 1.70. The van der Waals surface area contributed by atoms with Crippen LogP contribution in [0.1, 0.15) is 41.1 Å². The molecule has 1 atom stereocenters. The first-order valence-electron chi connectivity index (χ1n) is 9.81. The number of halogens is 2. The van der Waals surface area contributed by atoms with Crippen LogP contribution in [0, 0.1) is 0 Å². The zero-order valence-electron chi connectivity index (χ0n) is 16.5. The number of para-hydroxylation sites is 2. The van der Waals surface area contributed by atoms with E-state index in [1.54, 1.807) is 24.3 Å². The van der Waals surface area contributed by atoms with E-state index in [9.17, 15) is 4.79 Å². The van der Waals surface area contributed by atoms with Crippen LogP contribution in [-0.4, -0.2) is 15.5 Å². The highest BCUT2D eigenvalue weighted by atomic mass is 35.5. The number of carbonyl (C=O) groups is 1. The van der Waals surface area contributed by atoms with Crippen LogP contribution >= 0.6 is 23.2 Å². The van der Waals surface area contributed by atoms with Gasteiger partial charge in [0, 0.05) is 22.2 Å². The lowest BCUT2D eigenvalue weighted by atomic mass is 10.1. The zero-order chi connectivity index (χ0) is 21.1. The number of rotatable bonds is 6. The third-order valence-electron chi connectivity index (χ3n) is 5.05. The molecule has 0 aliphatic heterocycles. The van der Waals surface area contributed by atoms with E-state index in [0.29, 0.717) is 28.6 Å². The van der Waals surface area contributed by atoms with Gasteiger partial charge in [-0.3, -0.25) is 4.79 Å². The minimum atomic E-state index is -0.240. The van der Waals surface area contributed by atoms with Gasteiger partial charge in [0.25, 0.3) is 5.91 Å². The van der Waals surface area contributed by atoms with E-state index < -0.39 is 0 Å². The fourth-order valence-corrected chi connectivity index (χ4v) is 3.84. The van der Waals surface area contributed by atoms with Crippen molar-refractivity contribution in [1.82, 2.24) is 14.9 Å². The Morgan fingerprint density at radius 2 is 1.77 bits per heavy atom. The molecule has 1 amide bonds. The van der Waals surface area contributed by atoms with Gasteiger partial charge in [0.2, 0.25) is 0 Å². The molecule has 0 bridgehead atoms. The second-order valence-corrected chi connectivity index (χ2v) is 7.99. The van der Waals surface area contributed by atoms with Gasteiger partial charge < -0.3 is 9.88 Å². The van der Waals surface area contributed by atoms with Gasteiger partial charge in [-0.1, -0.05) is 60.5 Å². The van der Waals surface area contributed by atoms with E-state index in [0.717, 1.165) is 22.4 Å². The number of nitrogens with zero attached hydrogens (tertiary/aromatic N) is 2. The highest BCUT2D eigenvalue weighted by Gasteiger charge is 2.21. The Labute approximate surface area is 185 Å². The van der Waals surface area contributed by atoms with E-state index in [4.69, 9.17) is 28.2 Å². The number of aromatic nitrogens is 2. The predicted molar refractivity (Wildman–Crippen MR) is 122 cm³/mol. The Bertz CT molecular complexity index is 1180. The molecule has 0 spiro atoms. The summed E-state index contributed by atoms with van der Waals surface area (Å²) in [4.78, 5) is 17.7. The number of carbonyl (C=O) groups excluding carboxylic acids is 1. The molecule has 0 aliphatic carbocycles. The van der Waals surface area contributed by atoms with Crippen molar-refractivity contribution >= 4 is 40.1 Å². The van der Waals surface area contributed by atoms with Crippen LogP contribution < -0.4 is 5.32 Å². The first kappa shape index (κ1) is 20.5. The molecule has 4 rings (SSSR count). The summed E-state index contributed by atoms with van der Waals surface area (Å²) in [7, 11) is 0. The van der Waals surface area contributed by atoms with Crippen molar-refractivity contribution in [3.05, 3.63) is 99.8 Å². The molecule has 4 nitrogen and oxygen atoms in total. The second-order valence-electron chi connectivity index (χ2n) is 7.12. The van der Waals surface area contributed by atoms with Gasteiger partial charge in [-0.2, -0.15) is 0 Å². The SMILES string of the molecule is CCC(NC(=O)c1cccc(Cl)c1)c1nc2ccccc2n1Cc1ccc(Cl)cc1. The van der Waals surface area contributed by atoms with Crippen LogP contribution in [0.25, 0.3) is 11.0 Å². The van der Waals surface area contributed by atoms with Gasteiger partial charge >= 0.3 is 0 Å². The van der Waals surface area contributed by atoms with Gasteiger partial charge in [0.05, 0.1) is 17.1 Å². The number of benzene rings is 3. The molecule has 30 heavy (non-hydrogen) atoms. The summed E-state index contributed by atoms with van der Waals surface area (Å²) in [6, 6.07) is 22.5. The summed E-state index contributed by atoms with van der Waals surface area (Å²) in [5, 5.41) is 4.36. The molecule has 0 saturated heterocycles. The quantitative estimate of drug-likeness (QED) is 0.386. The molecule has 0 aliphatic rings. The van der Waals surface area contributed by atoms with Crippen LogP contribution in [0.15, 0.2) is 72.8 Å². The maximum absolute atomic E-state index is 12.8. The molecule has 3 aromatic carbocycles. The van der Waals surface area contributed by atoms with Gasteiger partial charge in [-0.05, 0) is 54.4 Å². The molecule has 1 aromatic heterocycles. The Morgan fingerprint density at radius 1 is 1.00 bits per heavy atom. The average molecular weight is 438 g/mol. The fourth-order valence-electron chi connectivity index (χ4n) is 3.52. The van der Waals surface area contributed by atoms with Crippen molar-refractivity contribution in [2.45, 2.75) is 25.9 Å². The summed E-state index contributed by atoms with van der Waals surface area (Å²) >= 11 is 12.1. The average Bonchev–Trinajstić information content (AvgIpc) is 3.11. The van der Waals surface area contributed by atoms with Crippen molar-refractivity contribution < 1.29 is 4.79 Å². The molecule has 0 fully saturated rings. The highest BCUT2D eigenvalue weighted by molar-refractivity contribution is 6.31. The van der Waals surface area contributed by atoms with Gasteiger partial charge in [0.1, 0.15) is 5.82 Å². The van der Waals surface area contributed by atoms with Crippen molar-refractivity contribution in [2.75, 3.05) is 0 Å². The number of hydrogen-bond acceptors (Lipinski definition) is 2. The molecular formula is C24H21Cl2N3O. The predicted octanol–water partition coefficient (Wildman–Crippen LogP) is 6.27. The Kier molecular flexibility index (Phi) is 6.07. The minimum absolute atomic E-state index is 0.172. The molecule has 1 N–H and O–H groups in total. The summed E-state index contributed by atoms with van der Waals surface area (Å²) < 4.78 is 2.16. The summed E-state index contributed by atoms with van der Waals surface area (Å²) in [6.45, 7) is 2.67. The fraction of sp³-hybridized carbons (Fsp3) is 0.167. The highest BCUT2D eigenvalue weighted by Crippen LogP contribution is 2.25. The van der Waals surface area contributed by atoms with Crippen LogP contribution in [0.5, 0.6) is 0 Å². The van der Waals surface area contributed by atoms with E-state index in [1.807, 2.05) is 55.5 Å².